The Kier molecular flexibility index (Phi) is 12.0. The molecule has 0 rings (SSSR count). The molecular weight excluding hydrogens is 304 g/mol. The van der Waals surface area contributed by atoms with Crippen LogP contribution in [0.25, 0.3) is 0 Å². The third kappa shape index (κ3) is 8.73. The molecule has 0 aliphatic heterocycles. The molecule has 0 aliphatic rings. The summed E-state index contributed by atoms with van der Waals surface area (Å²) in [6, 6.07) is 0. The summed E-state index contributed by atoms with van der Waals surface area (Å²) in [7, 11) is 0. The van der Waals surface area contributed by atoms with Gasteiger partial charge in [0, 0.05) is 5.41 Å². The largest absolute Gasteiger partial charge is 0.313 e. The summed E-state index contributed by atoms with van der Waals surface area (Å²) < 4.78 is 0. The monoisotopic (exact) mass is 352 g/mol. The quantitative estimate of drug-likeness (QED) is 0.182. The van der Waals surface area contributed by atoms with Crippen LogP contribution in [0.4, 0.5) is 0 Å². The summed E-state index contributed by atoms with van der Waals surface area (Å²) in [4.78, 5) is 0. The Labute approximate surface area is 159 Å². The normalized spacial score (nSPS) is 15.2. The molecule has 0 heterocycles. The minimum Gasteiger partial charge on any atom is -0.313 e. The second kappa shape index (κ2) is 12.1. The maximum atomic E-state index is 6.69. The molecule has 0 spiro atoms. The molecular formula is C23H48N2. The highest BCUT2D eigenvalue weighted by molar-refractivity contribution is 5.02. The highest BCUT2D eigenvalue weighted by atomic mass is 15.1. The third-order valence-electron chi connectivity index (χ3n) is 6.67. The molecule has 0 radical (unpaired) electrons. The van der Waals surface area contributed by atoms with Gasteiger partial charge in [-0.25, -0.2) is 0 Å². The van der Waals surface area contributed by atoms with E-state index in [1.165, 1.54) is 64.2 Å². The fraction of sp³-hybridized carbons (Fsp3) is 0.913. The predicted octanol–water partition coefficient (Wildman–Crippen LogP) is 6.80. The Balaban J connectivity index is 3.94. The van der Waals surface area contributed by atoms with E-state index in [9.17, 15) is 0 Å². The van der Waals surface area contributed by atoms with Crippen molar-refractivity contribution in [3.05, 3.63) is 12.7 Å². The van der Waals surface area contributed by atoms with Gasteiger partial charge in [0.25, 0.3) is 0 Å². The van der Waals surface area contributed by atoms with Gasteiger partial charge in [0.1, 0.15) is 0 Å². The van der Waals surface area contributed by atoms with Crippen LogP contribution >= 0.6 is 0 Å². The number of allylic oxidation sites excluding steroid dienone is 1. The minimum absolute atomic E-state index is 0.0212. The zero-order valence-electron chi connectivity index (χ0n) is 18.3. The molecule has 0 fully saturated rings. The Bertz CT molecular complexity index is 342. The van der Waals surface area contributed by atoms with Crippen LogP contribution in [0.3, 0.4) is 0 Å². The van der Waals surface area contributed by atoms with Crippen molar-refractivity contribution in [1.29, 1.82) is 0 Å². The van der Waals surface area contributed by atoms with E-state index in [2.05, 4.69) is 53.4 Å². The van der Waals surface area contributed by atoms with E-state index < -0.39 is 0 Å². The number of hydrogen-bond donors (Lipinski definition) is 2. The molecule has 1 unspecified atom stereocenters. The summed E-state index contributed by atoms with van der Waals surface area (Å²) in [6.45, 7) is 18.5. The van der Waals surface area contributed by atoms with Crippen molar-refractivity contribution in [2.24, 2.45) is 16.6 Å². The first-order valence-electron chi connectivity index (χ1n) is 10.8. The molecule has 0 saturated heterocycles. The number of hydrogen-bond acceptors (Lipinski definition) is 2. The molecule has 25 heavy (non-hydrogen) atoms. The lowest BCUT2D eigenvalue weighted by molar-refractivity contribution is 0.00854. The van der Waals surface area contributed by atoms with E-state index in [-0.39, 0.29) is 16.5 Å². The molecule has 0 bridgehead atoms. The van der Waals surface area contributed by atoms with Gasteiger partial charge in [0.05, 0.1) is 5.66 Å². The van der Waals surface area contributed by atoms with Crippen molar-refractivity contribution in [1.82, 2.24) is 5.32 Å². The second-order valence-electron chi connectivity index (χ2n) is 9.31. The van der Waals surface area contributed by atoms with Crippen molar-refractivity contribution in [2.75, 3.05) is 6.54 Å². The maximum absolute atomic E-state index is 6.69. The molecule has 0 aliphatic carbocycles. The smallest absolute Gasteiger partial charge is 0.0690 e. The highest BCUT2D eigenvalue weighted by Crippen LogP contribution is 2.46. The van der Waals surface area contributed by atoms with E-state index >= 15 is 0 Å². The summed E-state index contributed by atoms with van der Waals surface area (Å²) in [6.07, 6.45) is 16.7. The van der Waals surface area contributed by atoms with Crippen molar-refractivity contribution in [3.63, 3.8) is 0 Å². The van der Waals surface area contributed by atoms with Gasteiger partial charge in [-0.3, -0.25) is 5.32 Å². The van der Waals surface area contributed by atoms with Crippen LogP contribution in [-0.4, -0.2) is 12.2 Å². The minimum atomic E-state index is -0.376. The standard InChI is InChI=1S/C23H48N2/c1-8-10-11-12-13-14-15-16-17-18-20-25-23(7,24)22(5,6)21(3,4)19-9-2/h9,25H,2,8,10-20,24H2,1,3-7H3. The van der Waals surface area contributed by atoms with Crippen molar-refractivity contribution in [3.8, 4) is 0 Å². The van der Waals surface area contributed by atoms with Crippen molar-refractivity contribution >= 4 is 0 Å². The van der Waals surface area contributed by atoms with E-state index in [4.69, 9.17) is 5.73 Å². The first-order chi connectivity index (χ1) is 11.6. The lowest BCUT2D eigenvalue weighted by Crippen LogP contribution is -2.65. The van der Waals surface area contributed by atoms with Gasteiger partial charge in [0.2, 0.25) is 0 Å². The van der Waals surface area contributed by atoms with Crippen LogP contribution in [0.2, 0.25) is 0 Å². The first-order valence-corrected chi connectivity index (χ1v) is 10.8. The topological polar surface area (TPSA) is 38.0 Å². The van der Waals surface area contributed by atoms with Crippen LogP contribution < -0.4 is 11.1 Å². The van der Waals surface area contributed by atoms with Gasteiger partial charge in [-0.1, -0.05) is 98.5 Å². The highest BCUT2D eigenvalue weighted by Gasteiger charge is 2.47. The Morgan fingerprint density at radius 1 is 0.800 bits per heavy atom. The van der Waals surface area contributed by atoms with Gasteiger partial charge in [-0.2, -0.15) is 0 Å². The third-order valence-corrected chi connectivity index (χ3v) is 6.67. The van der Waals surface area contributed by atoms with E-state index in [1.54, 1.807) is 0 Å². The second-order valence-corrected chi connectivity index (χ2v) is 9.31. The molecule has 2 heteroatoms. The predicted molar refractivity (Wildman–Crippen MR) is 115 cm³/mol. The van der Waals surface area contributed by atoms with Crippen LogP contribution in [0.5, 0.6) is 0 Å². The average Bonchev–Trinajstić information content (AvgIpc) is 2.52. The van der Waals surface area contributed by atoms with E-state index in [1.807, 2.05) is 6.08 Å². The Hall–Kier alpha value is -0.340. The zero-order chi connectivity index (χ0) is 19.4. The van der Waals surface area contributed by atoms with Crippen molar-refractivity contribution < 1.29 is 0 Å². The Morgan fingerprint density at radius 2 is 1.24 bits per heavy atom. The first kappa shape index (κ1) is 24.7. The average molecular weight is 353 g/mol. The molecule has 3 N–H and O–H groups in total. The number of rotatable bonds is 16. The van der Waals surface area contributed by atoms with E-state index in [0.29, 0.717) is 0 Å². The summed E-state index contributed by atoms with van der Waals surface area (Å²) in [5, 5.41) is 3.63. The van der Waals surface area contributed by atoms with Crippen LogP contribution in [0.15, 0.2) is 12.7 Å². The molecule has 150 valence electrons. The molecule has 0 saturated carbocycles. The van der Waals surface area contributed by atoms with E-state index in [0.717, 1.165) is 13.0 Å². The van der Waals surface area contributed by atoms with Gasteiger partial charge >= 0.3 is 0 Å². The van der Waals surface area contributed by atoms with Gasteiger partial charge in [-0.15, -0.1) is 6.58 Å². The summed E-state index contributed by atoms with van der Waals surface area (Å²) >= 11 is 0. The molecule has 0 aromatic carbocycles. The van der Waals surface area contributed by atoms with Crippen LogP contribution in [0.1, 0.15) is 112 Å². The molecule has 1 atom stereocenters. The molecule has 0 aromatic rings. The fourth-order valence-electron chi connectivity index (χ4n) is 3.50. The fourth-order valence-corrected chi connectivity index (χ4v) is 3.50. The van der Waals surface area contributed by atoms with Gasteiger partial charge in [-0.05, 0) is 31.7 Å². The number of nitrogens with two attached hydrogens (primary N) is 1. The summed E-state index contributed by atoms with van der Waals surface area (Å²) in [5.74, 6) is 0. The zero-order valence-corrected chi connectivity index (χ0v) is 18.3. The number of nitrogens with one attached hydrogen (secondary N) is 1. The molecule has 0 amide bonds. The van der Waals surface area contributed by atoms with Gasteiger partial charge in [0.15, 0.2) is 0 Å². The maximum Gasteiger partial charge on any atom is 0.0690 e. The lowest BCUT2D eigenvalue weighted by atomic mass is 9.60. The van der Waals surface area contributed by atoms with Crippen LogP contribution in [0, 0.1) is 10.8 Å². The number of unbranched alkanes of at least 4 members (excludes halogenated alkanes) is 9. The van der Waals surface area contributed by atoms with Gasteiger partial charge < -0.3 is 5.73 Å². The molecule has 2 nitrogen and oxygen atoms in total. The SMILES string of the molecule is C=CCC(C)(C)C(C)(C)C(C)(N)NCCCCCCCCCCCC. The summed E-state index contributed by atoms with van der Waals surface area (Å²) in [5.41, 5.74) is 6.40. The Morgan fingerprint density at radius 3 is 1.68 bits per heavy atom. The van der Waals surface area contributed by atoms with Crippen molar-refractivity contribution in [2.45, 2.75) is 118 Å². The molecule has 0 aromatic heterocycles. The van der Waals surface area contributed by atoms with Crippen LogP contribution in [-0.2, 0) is 0 Å². The lowest BCUT2D eigenvalue weighted by Gasteiger charge is -2.52.